The van der Waals surface area contributed by atoms with Crippen LogP contribution in [0.2, 0.25) is 0 Å². The maximum atomic E-state index is 12.0. The summed E-state index contributed by atoms with van der Waals surface area (Å²) in [5.41, 5.74) is 4.25. The van der Waals surface area contributed by atoms with E-state index in [4.69, 9.17) is 21.7 Å². The van der Waals surface area contributed by atoms with Crippen LogP contribution >= 0.6 is 12.2 Å². The summed E-state index contributed by atoms with van der Waals surface area (Å²) in [6.07, 6.45) is 0.785. The molecule has 1 heterocycles. The summed E-state index contributed by atoms with van der Waals surface area (Å²) >= 11 is 5.59. The molecule has 0 radical (unpaired) electrons. The molecule has 0 spiro atoms. The third-order valence-corrected chi connectivity index (χ3v) is 5.14. The summed E-state index contributed by atoms with van der Waals surface area (Å²) in [5.74, 6) is 0.539. The van der Waals surface area contributed by atoms with Crippen molar-refractivity contribution in [3.8, 4) is 5.75 Å². The minimum Gasteiger partial charge on any atom is -0.487 e. The number of carbonyl (C=O) groups is 1. The van der Waals surface area contributed by atoms with Gasteiger partial charge in [-0.05, 0) is 70.6 Å². The van der Waals surface area contributed by atoms with Crippen LogP contribution in [-0.2, 0) is 4.74 Å². The molecule has 0 aromatic heterocycles. The topological polar surface area (TPSA) is 59.6 Å². The molecule has 2 aromatic rings. The molecule has 0 aliphatic carbocycles. The third kappa shape index (κ3) is 5.07. The fourth-order valence-corrected chi connectivity index (χ4v) is 3.77. The number of rotatable bonds is 4. The molecule has 0 bridgehead atoms. The average molecular weight is 413 g/mol. The van der Waals surface area contributed by atoms with Crippen LogP contribution in [0.1, 0.15) is 60.3 Å². The number of hydrogen-bond acceptors (Lipinski definition) is 4. The summed E-state index contributed by atoms with van der Waals surface area (Å²) in [5, 5.41) is 7.17. The predicted octanol–water partition coefficient (Wildman–Crippen LogP) is 5.07. The van der Waals surface area contributed by atoms with E-state index in [9.17, 15) is 4.79 Å². The van der Waals surface area contributed by atoms with E-state index in [1.54, 1.807) is 19.1 Å². The zero-order valence-electron chi connectivity index (χ0n) is 17.6. The highest BCUT2D eigenvalue weighted by atomic mass is 32.1. The van der Waals surface area contributed by atoms with Gasteiger partial charge in [0.05, 0.1) is 18.2 Å². The van der Waals surface area contributed by atoms with Crippen molar-refractivity contribution in [2.45, 2.75) is 52.7 Å². The van der Waals surface area contributed by atoms with Gasteiger partial charge in [0, 0.05) is 17.7 Å². The number of ether oxygens (including phenoxy) is 2. The lowest BCUT2D eigenvalue weighted by atomic mass is 9.89. The van der Waals surface area contributed by atoms with E-state index < -0.39 is 0 Å². The highest BCUT2D eigenvalue weighted by molar-refractivity contribution is 7.80. The molecule has 2 aromatic carbocycles. The molecule has 0 saturated carbocycles. The van der Waals surface area contributed by atoms with Crippen molar-refractivity contribution in [2.24, 2.45) is 0 Å². The lowest BCUT2D eigenvalue weighted by molar-refractivity contribution is 0.0526. The van der Waals surface area contributed by atoms with Crippen LogP contribution in [0.25, 0.3) is 0 Å². The van der Waals surface area contributed by atoms with Crippen LogP contribution in [0.15, 0.2) is 36.4 Å². The molecular formula is C23H28N2O3S. The van der Waals surface area contributed by atoms with E-state index in [0.29, 0.717) is 17.3 Å². The van der Waals surface area contributed by atoms with Gasteiger partial charge in [0.1, 0.15) is 11.4 Å². The van der Waals surface area contributed by atoms with Crippen molar-refractivity contribution in [1.29, 1.82) is 0 Å². The Morgan fingerprint density at radius 3 is 2.72 bits per heavy atom. The molecule has 3 rings (SSSR count). The van der Waals surface area contributed by atoms with Gasteiger partial charge in [-0.15, -0.1) is 0 Å². The molecule has 0 unspecified atom stereocenters. The Hall–Kier alpha value is -2.60. The second kappa shape index (κ2) is 8.41. The second-order valence-corrected chi connectivity index (χ2v) is 8.42. The molecule has 0 amide bonds. The number of nitrogens with one attached hydrogen (secondary N) is 2. The zero-order valence-corrected chi connectivity index (χ0v) is 18.4. The van der Waals surface area contributed by atoms with Gasteiger partial charge < -0.3 is 20.1 Å². The average Bonchev–Trinajstić information content (AvgIpc) is 2.63. The lowest BCUT2D eigenvalue weighted by Crippen LogP contribution is -2.42. The molecule has 1 atom stereocenters. The van der Waals surface area contributed by atoms with E-state index in [1.165, 1.54) is 5.56 Å². The number of aryl methyl sites for hydroxylation is 2. The minimum atomic E-state index is -0.343. The molecule has 154 valence electrons. The van der Waals surface area contributed by atoms with Crippen LogP contribution < -0.4 is 15.4 Å². The van der Waals surface area contributed by atoms with Crippen LogP contribution in [0.4, 0.5) is 5.69 Å². The first-order chi connectivity index (χ1) is 13.7. The van der Waals surface area contributed by atoms with E-state index in [0.717, 1.165) is 29.0 Å². The van der Waals surface area contributed by atoms with Gasteiger partial charge in [0.15, 0.2) is 5.11 Å². The Bertz CT molecular complexity index is 940. The van der Waals surface area contributed by atoms with Crippen molar-refractivity contribution < 1.29 is 14.3 Å². The summed E-state index contributed by atoms with van der Waals surface area (Å²) in [6.45, 7) is 10.3. The molecule has 6 heteroatoms. The molecule has 2 N–H and O–H groups in total. The summed E-state index contributed by atoms with van der Waals surface area (Å²) < 4.78 is 11.2. The number of benzene rings is 2. The minimum absolute atomic E-state index is 0.0298. The van der Waals surface area contributed by atoms with Gasteiger partial charge in [-0.3, -0.25) is 0 Å². The van der Waals surface area contributed by atoms with Gasteiger partial charge in [0.2, 0.25) is 0 Å². The predicted molar refractivity (Wildman–Crippen MR) is 120 cm³/mol. The number of hydrogen-bond donors (Lipinski definition) is 2. The van der Waals surface area contributed by atoms with Crippen molar-refractivity contribution in [3.63, 3.8) is 0 Å². The molecule has 29 heavy (non-hydrogen) atoms. The monoisotopic (exact) mass is 412 g/mol. The van der Waals surface area contributed by atoms with Gasteiger partial charge >= 0.3 is 5.97 Å². The smallest absolute Gasteiger partial charge is 0.338 e. The number of esters is 1. The van der Waals surface area contributed by atoms with Crippen molar-refractivity contribution in [1.82, 2.24) is 5.32 Å². The van der Waals surface area contributed by atoms with Crippen molar-refractivity contribution >= 4 is 29.0 Å². The van der Waals surface area contributed by atoms with Crippen molar-refractivity contribution in [3.05, 3.63) is 58.7 Å². The SMILES string of the molecule is CCOC(=O)c1ccc(C)c(NC(=S)N[C@H]2CC(C)(C)Oc3ccc(C)cc32)c1. The maximum Gasteiger partial charge on any atom is 0.338 e. The first-order valence-corrected chi connectivity index (χ1v) is 10.2. The highest BCUT2D eigenvalue weighted by Crippen LogP contribution is 2.39. The molecule has 1 aliphatic rings. The Morgan fingerprint density at radius 2 is 2.00 bits per heavy atom. The molecule has 0 saturated heterocycles. The standard InChI is InChI=1S/C23H28N2O3S/c1-6-27-21(26)16-9-8-15(3)18(12-16)24-22(29)25-19-13-23(4,5)28-20-10-7-14(2)11-17(19)20/h7-12,19H,6,13H2,1-5H3,(H2,24,25,29)/t19-/m0/s1. The Kier molecular flexibility index (Phi) is 6.13. The fourth-order valence-electron chi connectivity index (χ4n) is 3.52. The summed E-state index contributed by atoms with van der Waals surface area (Å²) in [7, 11) is 0. The van der Waals surface area contributed by atoms with E-state index in [-0.39, 0.29) is 17.6 Å². The molecule has 0 fully saturated rings. The first-order valence-electron chi connectivity index (χ1n) is 9.83. The maximum absolute atomic E-state index is 12.0. The summed E-state index contributed by atoms with van der Waals surface area (Å²) in [6, 6.07) is 11.6. The molecule has 1 aliphatic heterocycles. The summed E-state index contributed by atoms with van der Waals surface area (Å²) in [4.78, 5) is 12.0. The third-order valence-electron chi connectivity index (χ3n) is 4.92. The highest BCUT2D eigenvalue weighted by Gasteiger charge is 2.34. The Labute approximate surface area is 177 Å². The molecular weight excluding hydrogens is 384 g/mol. The second-order valence-electron chi connectivity index (χ2n) is 8.01. The number of anilines is 1. The number of fused-ring (bicyclic) bond motifs is 1. The van der Waals surface area contributed by atoms with Crippen molar-refractivity contribution in [2.75, 3.05) is 11.9 Å². The van der Waals surface area contributed by atoms with E-state index in [1.807, 2.05) is 19.1 Å². The zero-order chi connectivity index (χ0) is 21.2. The van der Waals surface area contributed by atoms with Gasteiger partial charge in [-0.25, -0.2) is 4.79 Å². The van der Waals surface area contributed by atoms with Crippen LogP contribution in [0, 0.1) is 13.8 Å². The fraction of sp³-hybridized carbons (Fsp3) is 0.391. The van der Waals surface area contributed by atoms with E-state index in [2.05, 4.69) is 43.5 Å². The van der Waals surface area contributed by atoms with Crippen LogP contribution in [0.3, 0.4) is 0 Å². The number of thiocarbonyl (C=S) groups is 1. The van der Waals surface area contributed by atoms with Crippen LogP contribution in [0.5, 0.6) is 5.75 Å². The lowest BCUT2D eigenvalue weighted by Gasteiger charge is -2.38. The number of carbonyl (C=O) groups excluding carboxylic acids is 1. The Morgan fingerprint density at radius 1 is 1.24 bits per heavy atom. The first kappa shape index (κ1) is 21.1. The Balaban J connectivity index is 1.78. The quantitative estimate of drug-likeness (QED) is 0.540. The largest absolute Gasteiger partial charge is 0.487 e. The van der Waals surface area contributed by atoms with E-state index >= 15 is 0 Å². The normalized spacial score (nSPS) is 16.9. The van der Waals surface area contributed by atoms with Crippen LogP contribution in [-0.4, -0.2) is 23.3 Å². The van der Waals surface area contributed by atoms with Gasteiger partial charge in [-0.1, -0.05) is 23.8 Å². The van der Waals surface area contributed by atoms with Gasteiger partial charge in [-0.2, -0.15) is 0 Å². The van der Waals surface area contributed by atoms with Gasteiger partial charge in [0.25, 0.3) is 0 Å². The molecule has 5 nitrogen and oxygen atoms in total.